The minimum atomic E-state index is -0.435. The van der Waals surface area contributed by atoms with E-state index in [2.05, 4.69) is 10.5 Å². The number of nitrogens with two attached hydrogens (primary N) is 1. The maximum atomic E-state index is 11.1. The van der Waals surface area contributed by atoms with Crippen molar-refractivity contribution in [3.05, 3.63) is 0 Å². The predicted molar refractivity (Wildman–Crippen MR) is 51.5 cm³/mol. The van der Waals surface area contributed by atoms with Crippen molar-refractivity contribution in [1.29, 1.82) is 0 Å². The summed E-state index contributed by atoms with van der Waals surface area (Å²) < 4.78 is 0. The Kier molecular flexibility index (Phi) is 2.67. The van der Waals surface area contributed by atoms with Crippen LogP contribution < -0.4 is 11.2 Å². The highest BCUT2D eigenvalue weighted by Gasteiger charge is 2.27. The van der Waals surface area contributed by atoms with Crippen molar-refractivity contribution in [2.45, 2.75) is 31.7 Å². The lowest BCUT2D eigenvalue weighted by Crippen LogP contribution is -2.28. The number of hydrogen-bond donors (Lipinski definition) is 2. The van der Waals surface area contributed by atoms with Gasteiger partial charge in [-0.1, -0.05) is 12.8 Å². The molecule has 0 bridgehead atoms. The van der Waals surface area contributed by atoms with Crippen molar-refractivity contribution in [3.63, 3.8) is 0 Å². The van der Waals surface area contributed by atoms with E-state index in [1.165, 1.54) is 12.8 Å². The molecular formula is C9H15N3O2. The molecule has 1 saturated carbocycles. The number of carbonyl (C=O) groups excluding carboxylic acids is 1. The van der Waals surface area contributed by atoms with E-state index in [9.17, 15) is 4.79 Å². The van der Waals surface area contributed by atoms with Gasteiger partial charge < -0.3 is 5.73 Å². The quantitative estimate of drug-likeness (QED) is 0.482. The monoisotopic (exact) mass is 197 g/mol. The van der Waals surface area contributed by atoms with Gasteiger partial charge in [-0.15, -0.1) is 0 Å². The molecule has 2 rings (SSSR count). The van der Waals surface area contributed by atoms with Crippen molar-refractivity contribution in [1.82, 2.24) is 5.48 Å². The van der Waals surface area contributed by atoms with Crippen molar-refractivity contribution >= 4 is 11.7 Å². The van der Waals surface area contributed by atoms with Crippen LogP contribution in [0.4, 0.5) is 0 Å². The largest absolute Gasteiger partial charge is 0.387 e. The molecule has 1 aliphatic carbocycles. The highest BCUT2D eigenvalue weighted by Crippen LogP contribution is 2.25. The summed E-state index contributed by atoms with van der Waals surface area (Å²) in [5.41, 5.74) is 8.10. The number of amides is 1. The molecule has 0 aromatic heterocycles. The second kappa shape index (κ2) is 3.96. The van der Waals surface area contributed by atoms with Gasteiger partial charge in [0, 0.05) is 5.92 Å². The van der Waals surface area contributed by atoms with E-state index >= 15 is 0 Å². The van der Waals surface area contributed by atoms with Crippen LogP contribution in [0.1, 0.15) is 25.7 Å². The zero-order chi connectivity index (χ0) is 9.97. The van der Waals surface area contributed by atoms with Crippen LogP contribution in [-0.2, 0) is 9.63 Å². The highest BCUT2D eigenvalue weighted by molar-refractivity contribution is 5.89. The lowest BCUT2D eigenvalue weighted by Gasteiger charge is -2.09. The summed E-state index contributed by atoms with van der Waals surface area (Å²) in [5, 5.41) is 0. The molecule has 14 heavy (non-hydrogen) atoms. The Morgan fingerprint density at radius 3 is 2.79 bits per heavy atom. The Balaban J connectivity index is 1.98. The average Bonchev–Trinajstić information content (AvgIpc) is 2.77. The number of rotatable bonds is 2. The number of hydroxylamine groups is 1. The molecule has 0 radical (unpaired) electrons. The Morgan fingerprint density at radius 1 is 1.50 bits per heavy atom. The third-order valence-corrected chi connectivity index (χ3v) is 2.79. The maximum absolute atomic E-state index is 11.1. The molecular weight excluding hydrogens is 182 g/mol. The van der Waals surface area contributed by atoms with Gasteiger partial charge in [-0.2, -0.15) is 0 Å². The molecule has 2 fully saturated rings. The third kappa shape index (κ3) is 1.87. The van der Waals surface area contributed by atoms with Gasteiger partial charge in [0.1, 0.15) is 6.61 Å². The predicted octanol–water partition coefficient (Wildman–Crippen LogP) is -0.0362. The van der Waals surface area contributed by atoms with Gasteiger partial charge in [-0.05, 0) is 12.8 Å². The van der Waals surface area contributed by atoms with E-state index in [4.69, 9.17) is 10.6 Å². The van der Waals surface area contributed by atoms with Gasteiger partial charge in [0.15, 0.2) is 6.04 Å². The summed E-state index contributed by atoms with van der Waals surface area (Å²) in [5.74, 6) is 0.808. The molecule has 0 aromatic rings. The summed E-state index contributed by atoms with van der Waals surface area (Å²) in [6.07, 6.45) is 4.64. The highest BCUT2D eigenvalue weighted by atomic mass is 16.7. The number of nitrogens with one attached hydrogen (secondary N) is 1. The molecule has 1 saturated heterocycles. The van der Waals surface area contributed by atoms with E-state index < -0.39 is 6.04 Å². The van der Waals surface area contributed by atoms with Gasteiger partial charge in [0.25, 0.3) is 5.91 Å². The Morgan fingerprint density at radius 2 is 2.21 bits per heavy atom. The standard InChI is InChI=1S/C9H15N3O2/c10-8(6-3-1-2-4-6)11-7-5-14-12-9(7)13/h6-7H,1-5H2,(H2,10,11)(H,12,13). The Labute approximate surface area is 82.7 Å². The number of hydrogen-bond acceptors (Lipinski definition) is 3. The number of nitrogens with zero attached hydrogens (tertiary/aromatic N) is 1. The molecule has 1 unspecified atom stereocenters. The van der Waals surface area contributed by atoms with E-state index in [0.29, 0.717) is 18.4 Å². The van der Waals surface area contributed by atoms with Crippen molar-refractivity contribution in [2.24, 2.45) is 16.6 Å². The second-order valence-corrected chi connectivity index (χ2v) is 3.83. The minimum absolute atomic E-state index is 0.189. The van der Waals surface area contributed by atoms with Crippen LogP contribution >= 0.6 is 0 Å². The molecule has 2 aliphatic rings. The summed E-state index contributed by atoms with van der Waals surface area (Å²) in [4.78, 5) is 20.1. The topological polar surface area (TPSA) is 76.7 Å². The summed E-state index contributed by atoms with van der Waals surface area (Å²) in [6.45, 7) is 0.298. The van der Waals surface area contributed by atoms with Crippen molar-refractivity contribution in [3.8, 4) is 0 Å². The van der Waals surface area contributed by atoms with E-state index in [-0.39, 0.29) is 5.91 Å². The van der Waals surface area contributed by atoms with Crippen LogP contribution in [0.25, 0.3) is 0 Å². The fraction of sp³-hybridized carbons (Fsp3) is 0.778. The number of amidine groups is 1. The normalized spacial score (nSPS) is 29.6. The zero-order valence-electron chi connectivity index (χ0n) is 8.03. The fourth-order valence-corrected chi connectivity index (χ4v) is 1.94. The summed E-state index contributed by atoms with van der Waals surface area (Å²) in [7, 11) is 0. The first-order valence-electron chi connectivity index (χ1n) is 5.02. The molecule has 78 valence electrons. The molecule has 3 N–H and O–H groups in total. The molecule has 1 atom stereocenters. The average molecular weight is 197 g/mol. The number of carbonyl (C=O) groups is 1. The first-order chi connectivity index (χ1) is 6.77. The van der Waals surface area contributed by atoms with Gasteiger partial charge in [-0.25, -0.2) is 5.48 Å². The van der Waals surface area contributed by atoms with Crippen LogP contribution in [0.15, 0.2) is 4.99 Å². The smallest absolute Gasteiger partial charge is 0.270 e. The molecule has 1 amide bonds. The molecule has 5 heteroatoms. The van der Waals surface area contributed by atoms with Gasteiger partial charge in [0.05, 0.1) is 5.84 Å². The molecule has 5 nitrogen and oxygen atoms in total. The lowest BCUT2D eigenvalue weighted by molar-refractivity contribution is -0.124. The van der Waals surface area contributed by atoms with Crippen LogP contribution in [0.3, 0.4) is 0 Å². The molecule has 0 spiro atoms. The van der Waals surface area contributed by atoms with Gasteiger partial charge in [0.2, 0.25) is 0 Å². The van der Waals surface area contributed by atoms with Crippen LogP contribution in [0, 0.1) is 5.92 Å². The second-order valence-electron chi connectivity index (χ2n) is 3.83. The summed E-state index contributed by atoms with van der Waals surface area (Å²) >= 11 is 0. The van der Waals surface area contributed by atoms with E-state index in [0.717, 1.165) is 12.8 Å². The Bertz CT molecular complexity index is 259. The molecule has 1 heterocycles. The SMILES string of the molecule is NC(=NC1CONC1=O)C1CCCC1. The van der Waals surface area contributed by atoms with Gasteiger partial charge in [-0.3, -0.25) is 14.6 Å². The van der Waals surface area contributed by atoms with E-state index in [1.54, 1.807) is 0 Å². The zero-order valence-corrected chi connectivity index (χ0v) is 8.03. The van der Waals surface area contributed by atoms with Crippen LogP contribution in [-0.4, -0.2) is 24.4 Å². The fourth-order valence-electron chi connectivity index (χ4n) is 1.94. The van der Waals surface area contributed by atoms with Crippen LogP contribution in [0.5, 0.6) is 0 Å². The molecule has 1 aliphatic heterocycles. The van der Waals surface area contributed by atoms with Gasteiger partial charge >= 0.3 is 0 Å². The third-order valence-electron chi connectivity index (χ3n) is 2.79. The number of aliphatic imine (C=N–C) groups is 1. The lowest BCUT2D eigenvalue weighted by atomic mass is 10.1. The maximum Gasteiger partial charge on any atom is 0.270 e. The Hall–Kier alpha value is -1.10. The first-order valence-corrected chi connectivity index (χ1v) is 5.02. The molecule has 0 aromatic carbocycles. The minimum Gasteiger partial charge on any atom is -0.387 e. The first kappa shape index (κ1) is 9.45. The van der Waals surface area contributed by atoms with E-state index in [1.807, 2.05) is 0 Å². The van der Waals surface area contributed by atoms with Crippen molar-refractivity contribution < 1.29 is 9.63 Å². The van der Waals surface area contributed by atoms with Crippen molar-refractivity contribution in [2.75, 3.05) is 6.61 Å². The summed E-state index contributed by atoms with van der Waals surface area (Å²) in [6, 6.07) is -0.435. The van der Waals surface area contributed by atoms with Crippen LogP contribution in [0.2, 0.25) is 0 Å².